The van der Waals surface area contributed by atoms with Gasteiger partial charge in [0.2, 0.25) is 0 Å². The fraction of sp³-hybridized carbons (Fsp3) is 0.600. The van der Waals surface area contributed by atoms with Gasteiger partial charge in [-0.25, -0.2) is 0 Å². The van der Waals surface area contributed by atoms with E-state index in [9.17, 15) is 5.11 Å². The van der Waals surface area contributed by atoms with Crippen LogP contribution in [0.2, 0.25) is 0 Å². The summed E-state index contributed by atoms with van der Waals surface area (Å²) in [5.74, 6) is 0.923. The zero-order chi connectivity index (χ0) is 13.7. The highest BCUT2D eigenvalue weighted by Crippen LogP contribution is 2.28. The summed E-state index contributed by atoms with van der Waals surface area (Å²) in [4.78, 5) is 2.45. The van der Waals surface area contributed by atoms with E-state index in [4.69, 9.17) is 4.74 Å². The normalized spacial score (nSPS) is 17.4. The molecule has 0 amide bonds. The summed E-state index contributed by atoms with van der Waals surface area (Å²) in [6, 6.07) is 6.63. The van der Waals surface area contributed by atoms with Crippen LogP contribution in [0, 0.1) is 6.92 Å². The van der Waals surface area contributed by atoms with Crippen LogP contribution in [0.4, 0.5) is 0 Å². The lowest BCUT2D eigenvalue weighted by Gasteiger charge is -2.35. The number of benzene rings is 1. The summed E-state index contributed by atoms with van der Waals surface area (Å²) >= 11 is 0. The summed E-state index contributed by atoms with van der Waals surface area (Å²) in [5.41, 5.74) is 2.42. The molecule has 0 unspecified atom stereocenters. The van der Waals surface area contributed by atoms with E-state index in [1.807, 2.05) is 6.07 Å². The Bertz CT molecular complexity index is 409. The van der Waals surface area contributed by atoms with Crippen molar-refractivity contribution in [2.75, 3.05) is 39.9 Å². The first-order valence-electron chi connectivity index (χ1n) is 6.96. The highest BCUT2D eigenvalue weighted by atomic mass is 35.5. The van der Waals surface area contributed by atoms with Crippen LogP contribution in [0.1, 0.15) is 23.6 Å². The van der Waals surface area contributed by atoms with Crippen LogP contribution in [0.25, 0.3) is 0 Å². The van der Waals surface area contributed by atoms with Gasteiger partial charge in [0.05, 0.1) is 7.11 Å². The van der Waals surface area contributed by atoms with Crippen molar-refractivity contribution < 1.29 is 9.84 Å². The van der Waals surface area contributed by atoms with Gasteiger partial charge in [0, 0.05) is 38.8 Å². The van der Waals surface area contributed by atoms with E-state index in [1.54, 1.807) is 7.11 Å². The van der Waals surface area contributed by atoms with Crippen LogP contribution in [0.5, 0.6) is 5.75 Å². The minimum atomic E-state index is 0. The number of piperazine rings is 1. The first-order chi connectivity index (χ1) is 9.26. The number of hydrogen-bond donors (Lipinski definition) is 2. The minimum Gasteiger partial charge on any atom is -0.496 e. The van der Waals surface area contributed by atoms with E-state index >= 15 is 0 Å². The zero-order valence-electron chi connectivity index (χ0n) is 12.3. The minimum absolute atomic E-state index is 0. The quantitative estimate of drug-likeness (QED) is 0.870. The van der Waals surface area contributed by atoms with Gasteiger partial charge >= 0.3 is 0 Å². The predicted octanol–water partition coefficient (Wildman–Crippen LogP) is 1.75. The maximum absolute atomic E-state index is 9.33. The molecular formula is C15H25ClN2O2. The van der Waals surface area contributed by atoms with Crippen LogP contribution in [0.3, 0.4) is 0 Å². The lowest BCUT2D eigenvalue weighted by molar-refractivity contribution is 0.141. The Morgan fingerprint density at radius 2 is 2.05 bits per heavy atom. The van der Waals surface area contributed by atoms with Crippen LogP contribution in [0.15, 0.2) is 18.2 Å². The van der Waals surface area contributed by atoms with Gasteiger partial charge < -0.3 is 15.2 Å². The van der Waals surface area contributed by atoms with Crippen molar-refractivity contribution in [3.63, 3.8) is 0 Å². The topological polar surface area (TPSA) is 44.7 Å². The molecule has 1 saturated heterocycles. The lowest BCUT2D eigenvalue weighted by Crippen LogP contribution is -2.45. The average Bonchev–Trinajstić information content (AvgIpc) is 2.45. The van der Waals surface area contributed by atoms with Gasteiger partial charge in [-0.05, 0) is 30.5 Å². The summed E-state index contributed by atoms with van der Waals surface area (Å²) in [7, 11) is 1.70. The number of aliphatic hydroxyl groups excluding tert-OH is 1. The highest BCUT2D eigenvalue weighted by molar-refractivity contribution is 5.85. The Morgan fingerprint density at radius 1 is 1.35 bits per heavy atom. The maximum atomic E-state index is 9.33. The molecule has 4 nitrogen and oxygen atoms in total. The molecule has 1 aliphatic heterocycles. The van der Waals surface area contributed by atoms with Crippen molar-refractivity contribution in [1.29, 1.82) is 0 Å². The van der Waals surface area contributed by atoms with E-state index in [0.29, 0.717) is 6.04 Å². The number of ether oxygens (including phenoxy) is 1. The number of aliphatic hydroxyl groups is 1. The summed E-state index contributed by atoms with van der Waals surface area (Å²) in [6.45, 7) is 6.41. The second-order valence-corrected chi connectivity index (χ2v) is 5.04. The molecule has 114 valence electrons. The molecular weight excluding hydrogens is 276 g/mol. The van der Waals surface area contributed by atoms with Crippen molar-refractivity contribution in [2.45, 2.75) is 19.4 Å². The molecule has 1 aromatic rings. The first-order valence-corrected chi connectivity index (χ1v) is 6.96. The van der Waals surface area contributed by atoms with E-state index < -0.39 is 0 Å². The second-order valence-electron chi connectivity index (χ2n) is 5.04. The maximum Gasteiger partial charge on any atom is 0.121 e. The van der Waals surface area contributed by atoms with Gasteiger partial charge in [-0.1, -0.05) is 12.1 Å². The molecule has 2 rings (SSSR count). The Kier molecular flexibility index (Phi) is 7.30. The van der Waals surface area contributed by atoms with Crippen molar-refractivity contribution in [3.8, 4) is 5.75 Å². The fourth-order valence-corrected chi connectivity index (χ4v) is 2.79. The number of methoxy groups -OCH3 is 1. The van der Waals surface area contributed by atoms with Crippen LogP contribution < -0.4 is 10.1 Å². The molecule has 1 atom stereocenters. The molecule has 0 aromatic heterocycles. The third-order valence-corrected chi connectivity index (χ3v) is 3.80. The van der Waals surface area contributed by atoms with E-state index in [-0.39, 0.29) is 19.0 Å². The second kappa shape index (κ2) is 8.47. The van der Waals surface area contributed by atoms with Gasteiger partial charge in [-0.2, -0.15) is 0 Å². The standard InChI is InChI=1S/C15H24N2O2.ClH/c1-12-11-13(3-4-15(12)19-2)14(5-10-18)17-8-6-16-7-9-17;/h3-4,11,14,16,18H,5-10H2,1-2H3;1H/t14-;/m1./s1. The van der Waals surface area contributed by atoms with E-state index in [1.165, 1.54) is 5.56 Å². The van der Waals surface area contributed by atoms with Gasteiger partial charge in [-0.15, -0.1) is 12.4 Å². The fourth-order valence-electron chi connectivity index (χ4n) is 2.79. The van der Waals surface area contributed by atoms with Gasteiger partial charge in [0.15, 0.2) is 0 Å². The number of hydrogen-bond acceptors (Lipinski definition) is 4. The lowest BCUT2D eigenvalue weighted by atomic mass is 9.99. The van der Waals surface area contributed by atoms with Gasteiger partial charge in [0.25, 0.3) is 0 Å². The molecule has 20 heavy (non-hydrogen) atoms. The molecule has 1 aromatic carbocycles. The van der Waals surface area contributed by atoms with Crippen molar-refractivity contribution in [3.05, 3.63) is 29.3 Å². The van der Waals surface area contributed by atoms with Crippen LogP contribution in [-0.4, -0.2) is 49.9 Å². The van der Waals surface area contributed by atoms with Crippen LogP contribution >= 0.6 is 12.4 Å². The molecule has 0 aliphatic carbocycles. The summed E-state index contributed by atoms with van der Waals surface area (Å²) < 4.78 is 5.31. The highest BCUT2D eigenvalue weighted by Gasteiger charge is 2.22. The van der Waals surface area contributed by atoms with Gasteiger partial charge in [-0.3, -0.25) is 4.90 Å². The third-order valence-electron chi connectivity index (χ3n) is 3.80. The number of nitrogens with one attached hydrogen (secondary N) is 1. The average molecular weight is 301 g/mol. The number of halogens is 1. The Balaban J connectivity index is 0.00000200. The number of rotatable bonds is 5. The smallest absolute Gasteiger partial charge is 0.121 e. The molecule has 2 N–H and O–H groups in total. The number of aryl methyl sites for hydroxylation is 1. The molecule has 0 bridgehead atoms. The Labute approximate surface area is 127 Å². The van der Waals surface area contributed by atoms with Crippen molar-refractivity contribution in [2.24, 2.45) is 0 Å². The molecule has 1 aliphatic rings. The Morgan fingerprint density at radius 3 is 2.60 bits per heavy atom. The Hall–Kier alpha value is -0.810. The monoisotopic (exact) mass is 300 g/mol. The largest absolute Gasteiger partial charge is 0.496 e. The molecule has 0 saturated carbocycles. The molecule has 1 fully saturated rings. The van der Waals surface area contributed by atoms with Crippen LogP contribution in [-0.2, 0) is 0 Å². The molecule has 0 spiro atoms. The predicted molar refractivity (Wildman–Crippen MR) is 83.9 cm³/mol. The first kappa shape index (κ1) is 17.2. The molecule has 1 heterocycles. The molecule has 5 heteroatoms. The zero-order valence-corrected chi connectivity index (χ0v) is 13.1. The van der Waals surface area contributed by atoms with E-state index in [2.05, 4.69) is 29.3 Å². The van der Waals surface area contributed by atoms with Gasteiger partial charge in [0.1, 0.15) is 5.75 Å². The van der Waals surface area contributed by atoms with Crippen molar-refractivity contribution >= 4 is 12.4 Å². The third kappa shape index (κ3) is 4.09. The summed E-state index contributed by atoms with van der Waals surface area (Å²) in [6.07, 6.45) is 0.784. The SMILES string of the molecule is COc1ccc([C@@H](CCO)N2CCNCC2)cc1C.Cl. The number of nitrogens with zero attached hydrogens (tertiary/aromatic N) is 1. The summed E-state index contributed by atoms with van der Waals surface area (Å²) in [5, 5.41) is 12.7. The van der Waals surface area contributed by atoms with Crippen molar-refractivity contribution in [1.82, 2.24) is 10.2 Å². The van der Waals surface area contributed by atoms with E-state index in [0.717, 1.165) is 43.9 Å². The molecule has 0 radical (unpaired) electrons.